The van der Waals surface area contributed by atoms with Crippen LogP contribution in [0, 0.1) is 0 Å². The first kappa shape index (κ1) is 70.1. The van der Waals surface area contributed by atoms with Crippen molar-refractivity contribution in [3.05, 3.63) is 0 Å². The number of unbranched alkanes of at least 4 members (excludes halogenated alkanes) is 18. The highest BCUT2D eigenvalue weighted by Crippen LogP contribution is 2.33. The van der Waals surface area contributed by atoms with E-state index in [2.05, 4.69) is 13.8 Å². The lowest BCUT2D eigenvalue weighted by molar-refractivity contribution is -0.167. The summed E-state index contributed by atoms with van der Waals surface area (Å²) < 4.78 is 81.5. The number of carbonyl (C=O) groups excluding carboxylic acids is 9. The molecule has 6 fully saturated rings. The van der Waals surface area contributed by atoms with Crippen LogP contribution in [0.3, 0.4) is 0 Å². The number of cyclic esters (lactones) is 12. The maximum Gasteiger partial charge on any atom is 0.713 e. The fourth-order valence-electron chi connectivity index (χ4n) is 12.0. The van der Waals surface area contributed by atoms with Crippen LogP contribution in [0.4, 0.5) is 24.0 Å². The number of carbonyl (C=O) groups is 8. The Morgan fingerprint density at radius 2 is 0.632 bits per heavy atom. The fraction of sp³-hybridized carbons (Fsp3) is 0.857. The highest BCUT2D eigenvalue weighted by molar-refractivity contribution is 5.71. The summed E-state index contributed by atoms with van der Waals surface area (Å²) in [6, 6.07) is 0. The van der Waals surface area contributed by atoms with Crippen LogP contribution in [-0.2, 0) is 85.4 Å². The third kappa shape index (κ3) is 26.3. The summed E-state index contributed by atoms with van der Waals surface area (Å²) in [4.78, 5) is 108. The molecule has 0 aromatic rings. The molecular weight excluding hydrogens is 1140 g/mol. The van der Waals surface area contributed by atoms with Crippen LogP contribution in [0.15, 0.2) is 0 Å². The predicted molar refractivity (Wildman–Crippen MR) is 307 cm³/mol. The van der Waals surface area contributed by atoms with Gasteiger partial charge in [0.2, 0.25) is 12.2 Å². The molecule has 0 aromatic heterocycles. The lowest BCUT2D eigenvalue weighted by atomic mass is 9.96. The van der Waals surface area contributed by atoms with E-state index in [1.54, 1.807) is 6.92 Å². The molecule has 6 rings (SSSR count). The molecule has 0 spiro atoms. The van der Waals surface area contributed by atoms with E-state index >= 15 is 0 Å². The Labute approximate surface area is 511 Å². The minimum atomic E-state index is -0.996. The van der Waals surface area contributed by atoms with Crippen molar-refractivity contribution >= 4 is 54.8 Å². The first-order valence-electron chi connectivity index (χ1n) is 32.9. The summed E-state index contributed by atoms with van der Waals surface area (Å²) in [7, 11) is 0. The van der Waals surface area contributed by atoms with Crippen molar-refractivity contribution in [3.63, 3.8) is 0 Å². The van der Waals surface area contributed by atoms with Gasteiger partial charge in [-0.25, -0.2) is 24.0 Å². The molecule has 6 aliphatic rings. The standard InChI is InChI=1S/C63H98O24/c1-4-6-8-9-13-20-28-46-47(80-59(68)79-46)29-21-15-12-19-26-34-57(66)76-43(40-73-55(64)32-24-17-10-14-22-30-48-51(84-61(70)81-48)38-37-50-45(27-7-5-2)78-60(69)83-50)41-74-56(65)33-25-18-11-16-23-31-49-53(86-62(71)82-49)39-54-52(85-63(72)87-54)36-35-44-42(3)75-58(67)77-44/h42-54H,4-41H2,1-3H3/p+1. The van der Waals surface area contributed by atoms with Crippen molar-refractivity contribution < 1.29 is 114 Å². The highest BCUT2D eigenvalue weighted by Gasteiger charge is 2.48. The van der Waals surface area contributed by atoms with Crippen LogP contribution in [-0.4, -0.2) is 152 Å². The van der Waals surface area contributed by atoms with Gasteiger partial charge in [-0.15, -0.1) is 0 Å². The van der Waals surface area contributed by atoms with E-state index in [0.29, 0.717) is 64.2 Å². The van der Waals surface area contributed by atoms with Crippen molar-refractivity contribution in [1.29, 1.82) is 0 Å². The molecule has 1 N–H and O–H groups in total. The van der Waals surface area contributed by atoms with Crippen LogP contribution in [0.25, 0.3) is 0 Å². The van der Waals surface area contributed by atoms with Gasteiger partial charge in [0.05, 0.1) is 0 Å². The van der Waals surface area contributed by atoms with Crippen molar-refractivity contribution in [2.45, 2.75) is 331 Å². The summed E-state index contributed by atoms with van der Waals surface area (Å²) >= 11 is 0. The predicted octanol–water partition coefficient (Wildman–Crippen LogP) is 12.9. The number of ether oxygens (including phenoxy) is 15. The van der Waals surface area contributed by atoms with Crippen molar-refractivity contribution in [2.24, 2.45) is 0 Å². The van der Waals surface area contributed by atoms with Gasteiger partial charge in [0.1, 0.15) is 74.3 Å². The van der Waals surface area contributed by atoms with Gasteiger partial charge in [-0.2, -0.15) is 0 Å². The normalized spacial score (nSPS) is 26.7. The number of hydrogen-bond donors (Lipinski definition) is 0. The zero-order valence-corrected chi connectivity index (χ0v) is 51.7. The van der Waals surface area contributed by atoms with Gasteiger partial charge in [0.15, 0.2) is 6.10 Å². The van der Waals surface area contributed by atoms with E-state index in [4.69, 9.17) is 71.1 Å². The van der Waals surface area contributed by atoms with Crippen molar-refractivity contribution in [2.75, 3.05) is 13.2 Å². The molecule has 6 heterocycles. The highest BCUT2D eigenvalue weighted by atomic mass is 16.8. The number of esters is 3. The second-order valence-corrected chi connectivity index (χ2v) is 24.0. The fourth-order valence-corrected chi connectivity index (χ4v) is 12.0. The molecule has 494 valence electrons. The van der Waals surface area contributed by atoms with Crippen LogP contribution in [0.2, 0.25) is 0 Å². The molecule has 87 heavy (non-hydrogen) atoms. The topological polar surface area (TPSA) is 296 Å². The minimum Gasteiger partial charge on any atom is -0.462 e. The summed E-state index contributed by atoms with van der Waals surface area (Å²) in [6.07, 6.45) is 15.8. The molecule has 0 amide bonds. The van der Waals surface area contributed by atoms with Gasteiger partial charge in [-0.1, -0.05) is 110 Å². The van der Waals surface area contributed by atoms with Gasteiger partial charge in [-0.05, 0) is 103 Å². The molecule has 24 heteroatoms. The summed E-state index contributed by atoms with van der Waals surface area (Å²) in [5.74, 6) is -1.43. The maximum absolute atomic E-state index is 13.1. The third-order valence-corrected chi connectivity index (χ3v) is 17.0. The Morgan fingerprint density at radius 1 is 0.345 bits per heavy atom. The van der Waals surface area contributed by atoms with Crippen molar-refractivity contribution in [3.8, 4) is 0 Å². The molecule has 0 aromatic carbocycles. The van der Waals surface area contributed by atoms with E-state index in [1.165, 1.54) is 25.7 Å². The number of rotatable bonds is 47. The molecule has 0 radical (unpaired) electrons. The Morgan fingerprint density at radius 3 is 1.05 bits per heavy atom. The Hall–Kier alpha value is -5.97. The largest absolute Gasteiger partial charge is 0.713 e. The van der Waals surface area contributed by atoms with E-state index in [0.717, 1.165) is 116 Å². The molecule has 0 aliphatic carbocycles. The van der Waals surface area contributed by atoms with E-state index in [1.807, 2.05) is 0 Å². The van der Waals surface area contributed by atoms with Gasteiger partial charge in [0, 0.05) is 38.5 Å². The smallest absolute Gasteiger partial charge is 0.462 e. The van der Waals surface area contributed by atoms with Crippen LogP contribution in [0.5, 0.6) is 0 Å². The first-order valence-corrected chi connectivity index (χ1v) is 32.9. The molecule has 6 aliphatic heterocycles. The van der Waals surface area contributed by atoms with Crippen LogP contribution in [0.1, 0.15) is 252 Å². The number of hydrogen-bond acceptors (Lipinski definition) is 23. The Kier molecular flexibility index (Phi) is 31.5. The summed E-state index contributed by atoms with van der Waals surface area (Å²) in [5, 5.41) is 0. The second kappa shape index (κ2) is 39.1. The molecule has 13 unspecified atom stereocenters. The zero-order valence-electron chi connectivity index (χ0n) is 51.7. The Balaban J connectivity index is 0.850. The van der Waals surface area contributed by atoms with Crippen molar-refractivity contribution in [1.82, 2.24) is 0 Å². The maximum atomic E-state index is 13.1. The van der Waals surface area contributed by atoms with E-state index in [-0.39, 0.29) is 69.4 Å². The molecule has 0 saturated carbocycles. The minimum absolute atomic E-state index is 0.127. The average Bonchev–Trinajstić information content (AvgIpc) is 3.90. The molecule has 24 nitrogen and oxygen atoms in total. The monoisotopic (exact) mass is 1240 g/mol. The summed E-state index contributed by atoms with van der Waals surface area (Å²) in [5.41, 5.74) is 0. The van der Waals surface area contributed by atoms with Gasteiger partial charge in [-0.3, -0.25) is 14.4 Å². The van der Waals surface area contributed by atoms with Crippen LogP contribution >= 0.6 is 0 Å². The SMILES string of the molecule is CCCCCCCCC1OC(=O)OC1CCCCCCCC(=O)OC(COC(=O)CCCCCCCC1OC(=O)OC1CCC1OC(=[OH+])OC1CCCC)COC(=O)CCCCCCCC1OC(=O)OC1CC1OC(=O)OC1CCC1OC(=O)OC1C. The van der Waals surface area contributed by atoms with Crippen LogP contribution < -0.4 is 0 Å². The molecule has 13 atom stereocenters. The molecule has 0 bridgehead atoms. The molecular formula is C63H99O24+. The van der Waals surface area contributed by atoms with Gasteiger partial charge in [0.25, 0.3) is 0 Å². The zero-order chi connectivity index (χ0) is 62.2. The Bertz CT molecular complexity index is 2140. The van der Waals surface area contributed by atoms with Gasteiger partial charge < -0.3 is 75.8 Å². The first-order chi connectivity index (χ1) is 42.2. The van der Waals surface area contributed by atoms with E-state index in [9.17, 15) is 43.2 Å². The van der Waals surface area contributed by atoms with Gasteiger partial charge >= 0.3 is 54.8 Å². The lowest BCUT2D eigenvalue weighted by Gasteiger charge is -2.21. The quantitative estimate of drug-likeness (QED) is 0.0237. The third-order valence-electron chi connectivity index (χ3n) is 17.0. The lowest BCUT2D eigenvalue weighted by Crippen LogP contribution is -2.33. The molecule has 6 saturated heterocycles. The average molecular weight is 1240 g/mol. The summed E-state index contributed by atoms with van der Waals surface area (Å²) in [6.45, 7) is 5.45. The second-order valence-electron chi connectivity index (χ2n) is 24.0. The van der Waals surface area contributed by atoms with E-state index < -0.39 is 104 Å².